The first-order valence-corrected chi connectivity index (χ1v) is 11.4. The molecule has 5 nitrogen and oxygen atoms in total. The molecule has 0 saturated heterocycles. The molecule has 2 N–H and O–H groups in total. The fourth-order valence-electron chi connectivity index (χ4n) is 4.09. The van der Waals surface area contributed by atoms with E-state index in [9.17, 15) is 9.90 Å². The summed E-state index contributed by atoms with van der Waals surface area (Å²) in [4.78, 5) is 14.0. The van der Waals surface area contributed by atoms with Gasteiger partial charge in [0.1, 0.15) is 16.9 Å². The number of amides is 1. The average Bonchev–Trinajstić information content (AvgIpc) is 3.04. The minimum Gasteiger partial charge on any atom is -0.487 e. The number of furan rings is 1. The molecule has 6 heteroatoms. The van der Waals surface area contributed by atoms with Gasteiger partial charge in [0.15, 0.2) is 5.76 Å². The minimum absolute atomic E-state index is 0.246. The summed E-state index contributed by atoms with van der Waals surface area (Å²) in [5.74, 6) is 0.689. The first kappa shape index (κ1) is 20.8. The Morgan fingerprint density at radius 1 is 1.23 bits per heavy atom. The number of thioether (sulfide) groups is 1. The van der Waals surface area contributed by atoms with Gasteiger partial charge < -0.3 is 19.6 Å². The van der Waals surface area contributed by atoms with Crippen LogP contribution in [0.15, 0.2) is 45.7 Å². The quantitative estimate of drug-likeness (QED) is 0.561. The molecule has 2 aromatic carbocycles. The van der Waals surface area contributed by atoms with Gasteiger partial charge in [0.05, 0.1) is 6.10 Å². The lowest BCUT2D eigenvalue weighted by molar-refractivity contribution is 0.0126. The Hall–Kier alpha value is -2.44. The van der Waals surface area contributed by atoms with E-state index in [-0.39, 0.29) is 11.7 Å². The number of hydrogen-bond donors (Lipinski definition) is 2. The van der Waals surface area contributed by atoms with Crippen molar-refractivity contribution in [2.75, 3.05) is 12.8 Å². The standard InChI is InChI=1S/C24H27NO4S/c1-14-20-18(9-10-19-21(20)17(26)13-24(2,3)29-19)28-22(14)23(27)25-12-11-15-5-7-16(30-4)8-6-15/h5-10,17,26H,11-13H2,1-4H3,(H,25,27). The lowest BCUT2D eigenvalue weighted by Gasteiger charge is -2.35. The summed E-state index contributed by atoms with van der Waals surface area (Å²) in [6.45, 7) is 6.29. The highest BCUT2D eigenvalue weighted by molar-refractivity contribution is 7.98. The van der Waals surface area contributed by atoms with Crippen molar-refractivity contribution in [3.8, 4) is 5.75 Å². The van der Waals surface area contributed by atoms with Crippen molar-refractivity contribution in [2.24, 2.45) is 0 Å². The largest absolute Gasteiger partial charge is 0.487 e. The third-order valence-corrected chi connectivity index (χ3v) is 6.31. The Balaban J connectivity index is 1.53. The fraction of sp³-hybridized carbons (Fsp3) is 0.375. The molecule has 30 heavy (non-hydrogen) atoms. The normalized spacial score (nSPS) is 17.4. The summed E-state index contributed by atoms with van der Waals surface area (Å²) in [5, 5.41) is 14.5. The summed E-state index contributed by atoms with van der Waals surface area (Å²) in [6, 6.07) is 12.0. The van der Waals surface area contributed by atoms with Crippen LogP contribution in [0.25, 0.3) is 11.0 Å². The van der Waals surface area contributed by atoms with E-state index in [1.54, 1.807) is 17.8 Å². The van der Waals surface area contributed by atoms with Gasteiger partial charge in [-0.1, -0.05) is 12.1 Å². The lowest BCUT2D eigenvalue weighted by atomic mass is 9.89. The van der Waals surface area contributed by atoms with Crippen molar-refractivity contribution in [2.45, 2.75) is 50.2 Å². The highest BCUT2D eigenvalue weighted by atomic mass is 32.2. The first-order valence-electron chi connectivity index (χ1n) is 10.1. The van der Waals surface area contributed by atoms with E-state index in [2.05, 4.69) is 29.6 Å². The third kappa shape index (κ3) is 3.94. The maximum Gasteiger partial charge on any atom is 0.287 e. The molecular formula is C24H27NO4S. The van der Waals surface area contributed by atoms with E-state index in [0.29, 0.717) is 29.9 Å². The molecule has 0 bridgehead atoms. The maximum absolute atomic E-state index is 12.8. The summed E-state index contributed by atoms with van der Waals surface area (Å²) in [5.41, 5.74) is 2.76. The lowest BCUT2D eigenvalue weighted by Crippen LogP contribution is -2.34. The average molecular weight is 426 g/mol. The van der Waals surface area contributed by atoms with Gasteiger partial charge in [-0.05, 0) is 63.3 Å². The van der Waals surface area contributed by atoms with Crippen LogP contribution in [0.2, 0.25) is 0 Å². The second kappa shape index (κ2) is 8.00. The van der Waals surface area contributed by atoms with Crippen LogP contribution in [0, 0.1) is 6.92 Å². The predicted molar refractivity (Wildman–Crippen MR) is 119 cm³/mol. The Bertz CT molecular complexity index is 1080. The molecule has 4 rings (SSSR count). The first-order chi connectivity index (χ1) is 14.3. The van der Waals surface area contributed by atoms with Crippen LogP contribution in [-0.4, -0.2) is 29.4 Å². The van der Waals surface area contributed by atoms with Gasteiger partial charge in [0, 0.05) is 34.4 Å². The van der Waals surface area contributed by atoms with Crippen LogP contribution in [0.5, 0.6) is 5.75 Å². The molecule has 2 heterocycles. The number of aryl methyl sites for hydroxylation is 1. The molecule has 1 aromatic heterocycles. The summed E-state index contributed by atoms with van der Waals surface area (Å²) < 4.78 is 11.9. The van der Waals surface area contributed by atoms with E-state index in [4.69, 9.17) is 9.15 Å². The molecule has 0 saturated carbocycles. The topological polar surface area (TPSA) is 71.7 Å². The number of ether oxygens (including phenoxy) is 1. The molecule has 0 aliphatic carbocycles. The van der Waals surface area contributed by atoms with Crippen molar-refractivity contribution in [1.82, 2.24) is 5.32 Å². The number of carbonyl (C=O) groups is 1. The third-order valence-electron chi connectivity index (χ3n) is 5.56. The Kier molecular flexibility index (Phi) is 5.55. The molecule has 1 unspecified atom stereocenters. The zero-order chi connectivity index (χ0) is 21.5. The zero-order valence-electron chi connectivity index (χ0n) is 17.7. The molecule has 0 fully saturated rings. The van der Waals surface area contributed by atoms with Crippen molar-refractivity contribution >= 4 is 28.6 Å². The summed E-state index contributed by atoms with van der Waals surface area (Å²) >= 11 is 1.71. The van der Waals surface area contributed by atoms with E-state index in [1.807, 2.05) is 33.1 Å². The van der Waals surface area contributed by atoms with Gasteiger partial charge in [-0.3, -0.25) is 4.79 Å². The van der Waals surface area contributed by atoms with Gasteiger partial charge in [0.2, 0.25) is 0 Å². The van der Waals surface area contributed by atoms with Crippen LogP contribution < -0.4 is 10.1 Å². The molecule has 1 amide bonds. The van der Waals surface area contributed by atoms with Crippen LogP contribution >= 0.6 is 11.8 Å². The van der Waals surface area contributed by atoms with E-state index < -0.39 is 11.7 Å². The predicted octanol–water partition coefficient (Wildman–Crippen LogP) is 5.03. The molecule has 1 atom stereocenters. The number of rotatable bonds is 5. The molecule has 0 radical (unpaired) electrons. The highest BCUT2D eigenvalue weighted by Crippen LogP contribution is 2.45. The van der Waals surface area contributed by atoms with Crippen LogP contribution in [0.1, 0.15) is 53.6 Å². The summed E-state index contributed by atoms with van der Waals surface area (Å²) in [6.07, 6.45) is 2.62. The van der Waals surface area contributed by atoms with Crippen molar-refractivity contribution in [3.63, 3.8) is 0 Å². The second-order valence-electron chi connectivity index (χ2n) is 8.34. The van der Waals surface area contributed by atoms with Gasteiger partial charge >= 0.3 is 0 Å². The van der Waals surface area contributed by atoms with Crippen LogP contribution in [-0.2, 0) is 6.42 Å². The number of hydrogen-bond acceptors (Lipinski definition) is 5. The van der Waals surface area contributed by atoms with Crippen molar-refractivity contribution in [3.05, 3.63) is 58.8 Å². The maximum atomic E-state index is 12.8. The van der Waals surface area contributed by atoms with Crippen LogP contribution in [0.3, 0.4) is 0 Å². The Morgan fingerprint density at radius 2 is 1.97 bits per heavy atom. The van der Waals surface area contributed by atoms with Gasteiger partial charge in [-0.15, -0.1) is 11.8 Å². The number of aliphatic hydroxyl groups is 1. The number of nitrogens with one attached hydrogen (secondary N) is 1. The van der Waals surface area contributed by atoms with Crippen LogP contribution in [0.4, 0.5) is 0 Å². The van der Waals surface area contributed by atoms with Gasteiger partial charge in [-0.2, -0.15) is 0 Å². The molecule has 3 aromatic rings. The highest BCUT2D eigenvalue weighted by Gasteiger charge is 2.35. The Morgan fingerprint density at radius 3 is 2.67 bits per heavy atom. The van der Waals surface area contributed by atoms with Crippen molar-refractivity contribution < 1.29 is 19.1 Å². The minimum atomic E-state index is -0.663. The summed E-state index contributed by atoms with van der Waals surface area (Å²) in [7, 11) is 0. The van der Waals surface area contributed by atoms with E-state index in [1.165, 1.54) is 10.5 Å². The molecule has 1 aliphatic heterocycles. The second-order valence-corrected chi connectivity index (χ2v) is 9.22. The van der Waals surface area contributed by atoms with E-state index >= 15 is 0 Å². The Labute approximate surface area is 180 Å². The SMILES string of the molecule is CSc1ccc(CCNC(=O)c2oc3ccc4c(c3c2C)C(O)CC(C)(C)O4)cc1. The van der Waals surface area contributed by atoms with E-state index in [0.717, 1.165) is 17.4 Å². The fourth-order valence-corrected chi connectivity index (χ4v) is 4.50. The smallest absolute Gasteiger partial charge is 0.287 e. The molecule has 158 valence electrons. The monoisotopic (exact) mass is 425 g/mol. The number of aliphatic hydroxyl groups excluding tert-OH is 1. The number of benzene rings is 2. The molecule has 1 aliphatic rings. The number of carbonyl (C=O) groups excluding carboxylic acids is 1. The molecular weight excluding hydrogens is 398 g/mol. The van der Waals surface area contributed by atoms with Crippen molar-refractivity contribution in [1.29, 1.82) is 0 Å². The van der Waals surface area contributed by atoms with Gasteiger partial charge in [0.25, 0.3) is 5.91 Å². The molecule has 0 spiro atoms. The van der Waals surface area contributed by atoms with Gasteiger partial charge in [-0.25, -0.2) is 0 Å². The number of fused-ring (bicyclic) bond motifs is 3. The zero-order valence-corrected chi connectivity index (χ0v) is 18.6.